The number of carbonyl (C=O) groups excluding carboxylic acids is 1. The minimum Gasteiger partial charge on any atom is -0.448 e. The first-order chi connectivity index (χ1) is 15.9. The van der Waals surface area contributed by atoms with Crippen LogP contribution in [0.2, 0.25) is 5.02 Å². The number of sulfonamides is 1. The van der Waals surface area contributed by atoms with Crippen molar-refractivity contribution in [3.05, 3.63) is 29.3 Å². The molecule has 3 aliphatic heterocycles. The van der Waals surface area contributed by atoms with Crippen LogP contribution in [0.25, 0.3) is 0 Å². The first-order valence-electron chi connectivity index (χ1n) is 12.0. The van der Waals surface area contributed by atoms with Crippen molar-refractivity contribution in [3.63, 3.8) is 0 Å². The Labute approximate surface area is 202 Å². The average Bonchev–Trinajstić information content (AvgIpc) is 2.83. The van der Waals surface area contributed by atoms with Crippen LogP contribution < -0.4 is 5.32 Å². The first-order valence-corrected chi connectivity index (χ1v) is 13.8. The van der Waals surface area contributed by atoms with E-state index in [2.05, 4.69) is 10.2 Å². The molecule has 0 saturated carbocycles. The van der Waals surface area contributed by atoms with E-state index in [9.17, 15) is 13.2 Å². The van der Waals surface area contributed by atoms with Gasteiger partial charge in [0.25, 0.3) is 0 Å². The highest BCUT2D eigenvalue weighted by atomic mass is 35.5. The number of carbonyl (C=O) groups is 1. The van der Waals surface area contributed by atoms with E-state index in [1.807, 2.05) is 6.92 Å². The molecule has 3 saturated heterocycles. The van der Waals surface area contributed by atoms with Crippen LogP contribution in [0, 0.1) is 0 Å². The van der Waals surface area contributed by atoms with Crippen molar-refractivity contribution in [2.45, 2.75) is 62.0 Å². The first kappa shape index (κ1) is 24.7. The Balaban J connectivity index is 1.34. The average molecular weight is 499 g/mol. The highest BCUT2D eigenvalue weighted by Crippen LogP contribution is 2.30. The number of amides is 1. The van der Waals surface area contributed by atoms with E-state index in [4.69, 9.17) is 16.3 Å². The van der Waals surface area contributed by atoms with Gasteiger partial charge in [-0.05, 0) is 56.9 Å². The molecule has 1 N–H and O–H groups in total. The summed E-state index contributed by atoms with van der Waals surface area (Å²) >= 11 is 5.94. The number of benzene rings is 1. The number of piperazine rings is 1. The Morgan fingerprint density at radius 1 is 1.06 bits per heavy atom. The zero-order valence-electron chi connectivity index (χ0n) is 19.3. The van der Waals surface area contributed by atoms with Crippen LogP contribution in [-0.2, 0) is 14.8 Å². The van der Waals surface area contributed by atoms with E-state index in [0.717, 1.165) is 51.9 Å². The van der Waals surface area contributed by atoms with Gasteiger partial charge in [-0.15, -0.1) is 0 Å². The molecule has 0 unspecified atom stereocenters. The van der Waals surface area contributed by atoms with Crippen molar-refractivity contribution in [3.8, 4) is 0 Å². The molecular weight excluding hydrogens is 464 g/mol. The fourth-order valence-electron chi connectivity index (χ4n) is 5.30. The molecule has 4 rings (SSSR count). The molecule has 1 aromatic rings. The number of likely N-dealkylation sites (tertiary alicyclic amines) is 1. The Morgan fingerprint density at radius 3 is 2.39 bits per heavy atom. The van der Waals surface area contributed by atoms with Gasteiger partial charge in [-0.2, -0.15) is 4.31 Å². The smallest absolute Gasteiger partial charge is 0.409 e. The molecule has 0 aromatic heterocycles. The van der Waals surface area contributed by atoms with Gasteiger partial charge in [-0.1, -0.05) is 18.0 Å². The van der Waals surface area contributed by atoms with Crippen molar-refractivity contribution in [2.24, 2.45) is 0 Å². The van der Waals surface area contributed by atoms with Crippen LogP contribution in [0.3, 0.4) is 0 Å². The minimum atomic E-state index is -3.71. The predicted octanol–water partition coefficient (Wildman–Crippen LogP) is 2.78. The molecule has 0 radical (unpaired) electrons. The van der Waals surface area contributed by atoms with Gasteiger partial charge in [0.1, 0.15) is 6.61 Å². The van der Waals surface area contributed by atoms with E-state index < -0.39 is 10.0 Å². The summed E-state index contributed by atoms with van der Waals surface area (Å²) in [6.07, 6.45) is 3.94. The molecule has 3 fully saturated rings. The molecule has 0 bridgehead atoms. The number of ether oxygens (including phenoxy) is 1. The summed E-state index contributed by atoms with van der Waals surface area (Å²) in [7, 11) is -3.71. The molecule has 184 valence electrons. The third-order valence-electron chi connectivity index (χ3n) is 7.13. The number of halogens is 1. The Morgan fingerprint density at radius 2 is 1.73 bits per heavy atom. The maximum Gasteiger partial charge on any atom is 0.409 e. The quantitative estimate of drug-likeness (QED) is 0.672. The molecule has 1 aromatic carbocycles. The van der Waals surface area contributed by atoms with E-state index in [1.165, 1.54) is 16.4 Å². The Kier molecular flexibility index (Phi) is 8.17. The summed E-state index contributed by atoms with van der Waals surface area (Å²) in [6, 6.07) is 6.24. The third-order valence-corrected chi connectivity index (χ3v) is 9.47. The zero-order chi connectivity index (χ0) is 23.4. The fourth-order valence-corrected chi connectivity index (χ4v) is 7.29. The van der Waals surface area contributed by atoms with Crippen LogP contribution in [0.5, 0.6) is 0 Å². The van der Waals surface area contributed by atoms with E-state index >= 15 is 0 Å². The lowest BCUT2D eigenvalue weighted by atomic mass is 10.0. The van der Waals surface area contributed by atoms with Gasteiger partial charge in [-0.3, -0.25) is 4.90 Å². The summed E-state index contributed by atoms with van der Waals surface area (Å²) in [4.78, 5) is 17.3. The van der Waals surface area contributed by atoms with Gasteiger partial charge in [0.15, 0.2) is 0 Å². The zero-order valence-corrected chi connectivity index (χ0v) is 20.9. The molecule has 3 aliphatic rings. The molecule has 8 nitrogen and oxygen atoms in total. The molecule has 1 amide bonds. The molecule has 2 atom stereocenters. The minimum absolute atomic E-state index is 0.0771. The highest BCUT2D eigenvalue weighted by Gasteiger charge is 2.39. The van der Waals surface area contributed by atoms with E-state index in [1.54, 1.807) is 17.0 Å². The Hall–Kier alpha value is -1.39. The monoisotopic (exact) mass is 498 g/mol. The second-order valence-electron chi connectivity index (χ2n) is 9.30. The molecule has 3 heterocycles. The molecule has 0 spiro atoms. The van der Waals surface area contributed by atoms with Crippen LogP contribution in [0.15, 0.2) is 29.2 Å². The lowest BCUT2D eigenvalue weighted by Crippen LogP contribution is -2.53. The lowest BCUT2D eigenvalue weighted by Gasteiger charge is -2.41. The van der Waals surface area contributed by atoms with Gasteiger partial charge in [-0.25, -0.2) is 13.2 Å². The van der Waals surface area contributed by atoms with Crippen molar-refractivity contribution in [2.75, 3.05) is 45.9 Å². The van der Waals surface area contributed by atoms with Crippen molar-refractivity contribution in [1.82, 2.24) is 19.4 Å². The second kappa shape index (κ2) is 10.9. The second-order valence-corrected chi connectivity index (χ2v) is 11.6. The number of hydrogen-bond acceptors (Lipinski definition) is 6. The largest absolute Gasteiger partial charge is 0.448 e. The number of nitrogens with zero attached hydrogens (tertiary/aromatic N) is 3. The standard InChI is InChI=1S/C23H35ClN4O4S/c1-18-3-2-4-21(28(18)33(30,31)22-7-5-19(24)6-8-22)17-32-23(29)27-13-9-20(10-14-27)26-15-11-25-12-16-26/h5-8,18,20-21,25H,2-4,9-17H2,1H3/t18-,21-/m1/s1. The maximum atomic E-state index is 13.4. The van der Waals surface area contributed by atoms with Crippen molar-refractivity contribution >= 4 is 27.7 Å². The van der Waals surface area contributed by atoms with Gasteiger partial charge < -0.3 is 15.0 Å². The Bertz CT molecular complexity index is 900. The van der Waals surface area contributed by atoms with Crippen molar-refractivity contribution in [1.29, 1.82) is 0 Å². The van der Waals surface area contributed by atoms with E-state index in [-0.39, 0.29) is 29.7 Å². The number of nitrogens with one attached hydrogen (secondary N) is 1. The normalized spacial score (nSPS) is 26.3. The summed E-state index contributed by atoms with van der Waals surface area (Å²) in [5.74, 6) is 0. The maximum absolute atomic E-state index is 13.4. The van der Waals surface area contributed by atoms with Crippen molar-refractivity contribution < 1.29 is 17.9 Å². The SMILES string of the molecule is C[C@@H]1CCC[C@H](COC(=O)N2CCC(N3CCNCC3)CC2)N1S(=O)(=O)c1ccc(Cl)cc1. The summed E-state index contributed by atoms with van der Waals surface area (Å²) in [5, 5.41) is 3.87. The van der Waals surface area contributed by atoms with Crippen LogP contribution in [0.4, 0.5) is 4.79 Å². The van der Waals surface area contributed by atoms with E-state index in [0.29, 0.717) is 30.6 Å². The summed E-state index contributed by atoms with van der Waals surface area (Å²) in [6.45, 7) is 7.54. The highest BCUT2D eigenvalue weighted by molar-refractivity contribution is 7.89. The predicted molar refractivity (Wildman–Crippen MR) is 128 cm³/mol. The molecule has 33 heavy (non-hydrogen) atoms. The van der Waals surface area contributed by atoms with Crippen LogP contribution in [-0.4, -0.2) is 92.6 Å². The summed E-state index contributed by atoms with van der Waals surface area (Å²) in [5.41, 5.74) is 0. The van der Waals surface area contributed by atoms with Gasteiger partial charge >= 0.3 is 6.09 Å². The molecule has 10 heteroatoms. The fraction of sp³-hybridized carbons (Fsp3) is 0.696. The van der Waals surface area contributed by atoms with Crippen LogP contribution >= 0.6 is 11.6 Å². The third kappa shape index (κ3) is 5.82. The lowest BCUT2D eigenvalue weighted by molar-refractivity contribution is 0.0475. The van der Waals surface area contributed by atoms with Gasteiger partial charge in [0.05, 0.1) is 10.9 Å². The molecular formula is C23H35ClN4O4S. The van der Waals surface area contributed by atoms with Crippen LogP contribution in [0.1, 0.15) is 39.0 Å². The van der Waals surface area contributed by atoms with Gasteiger partial charge in [0, 0.05) is 56.4 Å². The summed E-state index contributed by atoms with van der Waals surface area (Å²) < 4.78 is 33.9. The number of hydrogen-bond donors (Lipinski definition) is 1. The molecule has 0 aliphatic carbocycles. The van der Waals surface area contributed by atoms with Gasteiger partial charge in [0.2, 0.25) is 10.0 Å². The number of rotatable bonds is 5. The topological polar surface area (TPSA) is 82.2 Å². The number of piperidine rings is 2.